The Morgan fingerprint density at radius 1 is 1.06 bits per heavy atom. The van der Waals surface area contributed by atoms with Crippen LogP contribution >= 0.6 is 0 Å². The first kappa shape index (κ1) is 20.1. The molecule has 3 N–H and O–H groups in total. The Kier molecular flexibility index (Phi) is 5.49. The number of fused-ring (bicyclic) bond motifs is 2. The number of amides is 2. The normalized spacial score (nSPS) is 15.2. The third-order valence-electron chi connectivity index (χ3n) is 5.94. The molecule has 3 heterocycles. The Morgan fingerprint density at radius 3 is 2.53 bits per heavy atom. The number of hydrogen-bond acceptors (Lipinski definition) is 7. The summed E-state index contributed by atoms with van der Waals surface area (Å²) in [4.78, 5) is 35.1. The summed E-state index contributed by atoms with van der Waals surface area (Å²) in [5, 5.41) is 16.8. The summed E-state index contributed by atoms with van der Waals surface area (Å²) in [6.45, 7) is 1.31. The highest BCUT2D eigenvalue weighted by Gasteiger charge is 2.24. The largest absolute Gasteiger partial charge is 0.351 e. The van der Waals surface area contributed by atoms with Crippen molar-refractivity contribution >= 4 is 17.8 Å². The molecule has 1 aromatic carbocycles. The number of carbonyl (C=O) groups excluding carboxylic acids is 2. The lowest BCUT2D eigenvalue weighted by molar-refractivity contribution is -0.132. The molecule has 0 bridgehead atoms. The second kappa shape index (κ2) is 8.74. The van der Waals surface area contributed by atoms with Crippen LogP contribution in [0.5, 0.6) is 0 Å². The van der Waals surface area contributed by atoms with Gasteiger partial charge in [0, 0.05) is 44.4 Å². The summed E-state index contributed by atoms with van der Waals surface area (Å²) >= 11 is 0. The molecule has 10 heteroatoms. The van der Waals surface area contributed by atoms with Crippen LogP contribution in [0.1, 0.15) is 39.3 Å². The van der Waals surface area contributed by atoms with Gasteiger partial charge in [0.15, 0.2) is 0 Å². The molecule has 0 saturated carbocycles. The lowest BCUT2D eigenvalue weighted by atomic mass is 10.1. The van der Waals surface area contributed by atoms with Gasteiger partial charge in [-0.25, -0.2) is 9.97 Å². The van der Waals surface area contributed by atoms with Gasteiger partial charge < -0.3 is 15.5 Å². The predicted octanol–water partition coefficient (Wildman–Crippen LogP) is 0.879. The molecule has 0 fully saturated rings. The summed E-state index contributed by atoms with van der Waals surface area (Å²) in [5.74, 6) is 0.189. The Morgan fingerprint density at radius 2 is 1.78 bits per heavy atom. The van der Waals surface area contributed by atoms with Crippen molar-refractivity contribution in [1.82, 2.24) is 35.6 Å². The van der Waals surface area contributed by atoms with Crippen molar-refractivity contribution in [2.75, 3.05) is 18.4 Å². The number of anilines is 1. The Balaban J connectivity index is 1.07. The van der Waals surface area contributed by atoms with E-state index in [-0.39, 0.29) is 30.8 Å². The quantitative estimate of drug-likeness (QED) is 0.527. The Bertz CT molecular complexity index is 1100. The molecule has 0 spiro atoms. The molecule has 0 saturated heterocycles. The third-order valence-corrected chi connectivity index (χ3v) is 5.94. The molecule has 0 radical (unpaired) electrons. The van der Waals surface area contributed by atoms with Gasteiger partial charge in [-0.1, -0.05) is 24.3 Å². The minimum atomic E-state index is -0.296. The standard InChI is InChI=1S/C22H24N8O2/c31-20(30-8-6-18-19(13-30)28-29-27-18)5-7-23-21(32)16-11-24-22(25-12-16)26-17-9-14-3-1-2-4-15(14)10-17/h1-4,11-12,17H,5-10,13H2,(H,23,32)(H,24,25,26)(H,27,28,29). The monoisotopic (exact) mass is 432 g/mol. The summed E-state index contributed by atoms with van der Waals surface area (Å²) in [5.41, 5.74) is 4.78. The summed E-state index contributed by atoms with van der Waals surface area (Å²) in [6, 6.07) is 8.65. The van der Waals surface area contributed by atoms with Crippen LogP contribution in [0.3, 0.4) is 0 Å². The second-order valence-corrected chi connectivity index (χ2v) is 8.10. The maximum atomic E-state index is 12.4. The lowest BCUT2D eigenvalue weighted by Crippen LogP contribution is -2.38. The van der Waals surface area contributed by atoms with Gasteiger partial charge in [0.1, 0.15) is 5.69 Å². The van der Waals surface area contributed by atoms with Gasteiger partial charge in [0.2, 0.25) is 11.9 Å². The first-order valence-corrected chi connectivity index (χ1v) is 10.8. The highest BCUT2D eigenvalue weighted by Crippen LogP contribution is 2.23. The van der Waals surface area contributed by atoms with E-state index in [2.05, 4.69) is 60.3 Å². The zero-order chi connectivity index (χ0) is 21.9. The second-order valence-electron chi connectivity index (χ2n) is 8.10. The van der Waals surface area contributed by atoms with E-state index >= 15 is 0 Å². The first-order valence-electron chi connectivity index (χ1n) is 10.8. The fraction of sp³-hybridized carbons (Fsp3) is 0.364. The minimum Gasteiger partial charge on any atom is -0.351 e. The number of rotatable bonds is 6. The molecular formula is C22H24N8O2. The van der Waals surface area contributed by atoms with E-state index in [1.807, 2.05) is 0 Å². The smallest absolute Gasteiger partial charge is 0.254 e. The summed E-state index contributed by atoms with van der Waals surface area (Å²) in [7, 11) is 0. The van der Waals surface area contributed by atoms with Crippen LogP contribution in [0, 0.1) is 0 Å². The molecule has 2 aliphatic rings. The third kappa shape index (κ3) is 4.29. The molecular weight excluding hydrogens is 408 g/mol. The molecule has 3 aromatic rings. The molecule has 1 aliphatic carbocycles. The number of carbonyl (C=O) groups is 2. The number of aromatic amines is 1. The first-order chi connectivity index (χ1) is 15.7. The molecule has 164 valence electrons. The number of H-pyrrole nitrogens is 1. The SMILES string of the molecule is O=C(NCCC(=O)N1CCc2n[nH]nc2C1)c1cnc(NC2Cc3ccccc3C2)nc1. The van der Waals surface area contributed by atoms with Crippen LogP contribution in [0.4, 0.5) is 5.95 Å². The van der Waals surface area contributed by atoms with Crippen molar-refractivity contribution in [1.29, 1.82) is 0 Å². The van der Waals surface area contributed by atoms with Gasteiger partial charge in [0.25, 0.3) is 5.91 Å². The zero-order valence-corrected chi connectivity index (χ0v) is 17.5. The van der Waals surface area contributed by atoms with E-state index in [1.54, 1.807) is 4.90 Å². The minimum absolute atomic E-state index is 0.0210. The van der Waals surface area contributed by atoms with Gasteiger partial charge >= 0.3 is 0 Å². The molecule has 10 nitrogen and oxygen atoms in total. The predicted molar refractivity (Wildman–Crippen MR) is 116 cm³/mol. The number of nitrogens with one attached hydrogen (secondary N) is 3. The number of hydrogen-bond donors (Lipinski definition) is 3. The van der Waals surface area contributed by atoms with E-state index in [4.69, 9.17) is 0 Å². The van der Waals surface area contributed by atoms with Gasteiger partial charge in [-0.2, -0.15) is 15.4 Å². The molecule has 1 aliphatic heterocycles. The van der Waals surface area contributed by atoms with Gasteiger partial charge in [-0.3, -0.25) is 9.59 Å². The zero-order valence-electron chi connectivity index (χ0n) is 17.5. The number of benzene rings is 1. The molecule has 0 unspecified atom stereocenters. The van der Waals surface area contributed by atoms with Crippen molar-refractivity contribution in [3.63, 3.8) is 0 Å². The van der Waals surface area contributed by atoms with Crippen LogP contribution in [0.2, 0.25) is 0 Å². The summed E-state index contributed by atoms with van der Waals surface area (Å²) < 4.78 is 0. The topological polar surface area (TPSA) is 129 Å². The lowest BCUT2D eigenvalue weighted by Gasteiger charge is -2.25. The van der Waals surface area contributed by atoms with E-state index in [1.165, 1.54) is 23.5 Å². The van der Waals surface area contributed by atoms with E-state index in [0.717, 1.165) is 24.2 Å². The van der Waals surface area contributed by atoms with Crippen molar-refractivity contribution < 1.29 is 9.59 Å². The fourth-order valence-corrected chi connectivity index (χ4v) is 4.22. The van der Waals surface area contributed by atoms with Crippen molar-refractivity contribution in [2.45, 2.75) is 38.3 Å². The maximum Gasteiger partial charge on any atom is 0.254 e. The molecule has 32 heavy (non-hydrogen) atoms. The average Bonchev–Trinajstić information content (AvgIpc) is 3.45. The Hall–Kier alpha value is -3.82. The van der Waals surface area contributed by atoms with Crippen LogP contribution < -0.4 is 10.6 Å². The highest BCUT2D eigenvalue weighted by molar-refractivity contribution is 5.93. The van der Waals surface area contributed by atoms with Gasteiger partial charge in [0.05, 0.1) is 17.8 Å². The van der Waals surface area contributed by atoms with Crippen LogP contribution in [-0.2, 0) is 30.6 Å². The van der Waals surface area contributed by atoms with Crippen molar-refractivity contribution in [2.24, 2.45) is 0 Å². The van der Waals surface area contributed by atoms with Crippen molar-refractivity contribution in [3.05, 3.63) is 64.7 Å². The van der Waals surface area contributed by atoms with Gasteiger partial charge in [-0.05, 0) is 24.0 Å². The Labute approximate surface area is 184 Å². The highest BCUT2D eigenvalue weighted by atomic mass is 16.2. The van der Waals surface area contributed by atoms with Crippen LogP contribution in [-0.4, -0.2) is 61.2 Å². The molecule has 0 atom stereocenters. The average molecular weight is 432 g/mol. The fourth-order valence-electron chi connectivity index (χ4n) is 4.22. The van der Waals surface area contributed by atoms with Crippen LogP contribution in [0.15, 0.2) is 36.7 Å². The van der Waals surface area contributed by atoms with E-state index in [0.29, 0.717) is 31.0 Å². The molecule has 2 amide bonds. The number of aromatic nitrogens is 5. The summed E-state index contributed by atoms with van der Waals surface area (Å²) in [6.07, 6.45) is 5.79. The van der Waals surface area contributed by atoms with Crippen LogP contribution in [0.25, 0.3) is 0 Å². The van der Waals surface area contributed by atoms with Gasteiger partial charge in [-0.15, -0.1) is 0 Å². The van der Waals surface area contributed by atoms with Crippen molar-refractivity contribution in [3.8, 4) is 0 Å². The molecule has 5 rings (SSSR count). The van der Waals surface area contributed by atoms with E-state index < -0.39 is 0 Å². The number of nitrogens with zero attached hydrogens (tertiary/aromatic N) is 5. The van der Waals surface area contributed by atoms with E-state index in [9.17, 15) is 9.59 Å². The molecule has 2 aromatic heterocycles. The maximum absolute atomic E-state index is 12.4.